The molecule has 0 bridgehead atoms. The lowest BCUT2D eigenvalue weighted by Crippen LogP contribution is -2.53. The van der Waals surface area contributed by atoms with Crippen LogP contribution < -0.4 is 0 Å². The number of rotatable bonds is 2. The normalized spacial score (nSPS) is 24.2. The topological polar surface area (TPSA) is 32.8 Å². The van der Waals surface area contributed by atoms with Crippen LogP contribution in [0.15, 0.2) is 24.3 Å². The van der Waals surface area contributed by atoms with Crippen molar-refractivity contribution in [3.63, 3.8) is 0 Å². The standard InChI is InChI=1S/C18H25FN2O2/c1-20(2)16-6-11-23-18(13-16)7-9-21(10-8-18)17(22)14-4-3-5-15(19)12-14/h3-5,12,16H,6-11,13H2,1-2H3/t16-/m0/s1. The summed E-state index contributed by atoms with van der Waals surface area (Å²) < 4.78 is 19.4. The summed E-state index contributed by atoms with van der Waals surface area (Å²) in [6.45, 7) is 2.14. The van der Waals surface area contributed by atoms with Gasteiger partial charge in [0.2, 0.25) is 0 Å². The van der Waals surface area contributed by atoms with Crippen molar-refractivity contribution in [1.29, 1.82) is 0 Å². The van der Waals surface area contributed by atoms with Crippen molar-refractivity contribution >= 4 is 5.91 Å². The zero-order valence-corrected chi connectivity index (χ0v) is 13.9. The molecule has 0 aromatic heterocycles. The van der Waals surface area contributed by atoms with E-state index in [1.165, 1.54) is 12.1 Å². The smallest absolute Gasteiger partial charge is 0.253 e. The van der Waals surface area contributed by atoms with Gasteiger partial charge >= 0.3 is 0 Å². The summed E-state index contributed by atoms with van der Waals surface area (Å²) in [5, 5.41) is 0. The highest BCUT2D eigenvalue weighted by Gasteiger charge is 2.41. The summed E-state index contributed by atoms with van der Waals surface area (Å²) in [5.74, 6) is -0.451. The maximum Gasteiger partial charge on any atom is 0.253 e. The second kappa shape index (κ2) is 6.57. The second-order valence-corrected chi connectivity index (χ2v) is 6.94. The van der Waals surface area contributed by atoms with Crippen LogP contribution in [0.5, 0.6) is 0 Å². The Morgan fingerprint density at radius 3 is 2.74 bits per heavy atom. The predicted octanol–water partition coefficient (Wildman–Crippen LogP) is 2.54. The highest BCUT2D eigenvalue weighted by molar-refractivity contribution is 5.94. The molecular weight excluding hydrogens is 295 g/mol. The highest BCUT2D eigenvalue weighted by Crippen LogP contribution is 2.36. The molecule has 2 aliphatic heterocycles. The van der Waals surface area contributed by atoms with E-state index < -0.39 is 0 Å². The van der Waals surface area contributed by atoms with Gasteiger partial charge in [-0.25, -0.2) is 4.39 Å². The Hall–Kier alpha value is -1.46. The lowest BCUT2D eigenvalue weighted by molar-refractivity contribution is -0.125. The molecule has 0 radical (unpaired) electrons. The number of carbonyl (C=O) groups is 1. The molecule has 0 saturated carbocycles. The summed E-state index contributed by atoms with van der Waals surface area (Å²) in [6, 6.07) is 6.48. The maximum absolute atomic E-state index is 13.3. The molecule has 1 aromatic carbocycles. The largest absolute Gasteiger partial charge is 0.375 e. The molecule has 0 unspecified atom stereocenters. The molecular formula is C18H25FN2O2. The first-order valence-corrected chi connectivity index (χ1v) is 8.34. The maximum atomic E-state index is 13.3. The average Bonchev–Trinajstić information content (AvgIpc) is 2.55. The first-order chi connectivity index (χ1) is 11.0. The summed E-state index contributed by atoms with van der Waals surface area (Å²) in [6.07, 6.45) is 3.82. The van der Waals surface area contributed by atoms with Gasteiger partial charge in [-0.05, 0) is 58.0 Å². The van der Waals surface area contributed by atoms with Crippen molar-refractivity contribution in [2.24, 2.45) is 0 Å². The van der Waals surface area contributed by atoms with Gasteiger partial charge in [0, 0.05) is 31.3 Å². The quantitative estimate of drug-likeness (QED) is 0.839. The fraction of sp³-hybridized carbons (Fsp3) is 0.611. The van der Waals surface area contributed by atoms with Gasteiger partial charge in [-0.1, -0.05) is 6.07 Å². The fourth-order valence-corrected chi connectivity index (χ4v) is 3.71. The van der Waals surface area contributed by atoms with E-state index in [0.717, 1.165) is 32.3 Å². The van der Waals surface area contributed by atoms with Gasteiger partial charge < -0.3 is 14.5 Å². The summed E-state index contributed by atoms with van der Waals surface area (Å²) in [7, 11) is 4.23. The van der Waals surface area contributed by atoms with Gasteiger partial charge in [-0.2, -0.15) is 0 Å². The zero-order valence-electron chi connectivity index (χ0n) is 13.9. The molecule has 3 rings (SSSR count). The molecule has 0 N–H and O–H groups in total. The highest BCUT2D eigenvalue weighted by atomic mass is 19.1. The first kappa shape index (κ1) is 16.4. The zero-order chi connectivity index (χ0) is 16.4. The van der Waals surface area contributed by atoms with E-state index in [0.29, 0.717) is 24.7 Å². The van der Waals surface area contributed by atoms with E-state index in [1.807, 2.05) is 4.90 Å². The van der Waals surface area contributed by atoms with Crippen molar-refractivity contribution in [3.8, 4) is 0 Å². The second-order valence-electron chi connectivity index (χ2n) is 6.94. The average molecular weight is 320 g/mol. The van der Waals surface area contributed by atoms with Crippen molar-refractivity contribution in [3.05, 3.63) is 35.6 Å². The number of likely N-dealkylation sites (tertiary alicyclic amines) is 1. The van der Waals surface area contributed by atoms with Gasteiger partial charge in [-0.3, -0.25) is 4.79 Å². The number of halogens is 1. The number of nitrogens with zero attached hydrogens (tertiary/aromatic N) is 2. The molecule has 5 heteroatoms. The number of hydrogen-bond acceptors (Lipinski definition) is 3. The Morgan fingerprint density at radius 2 is 2.09 bits per heavy atom. The number of benzene rings is 1. The van der Waals surface area contributed by atoms with E-state index >= 15 is 0 Å². The summed E-state index contributed by atoms with van der Waals surface area (Å²) in [5.41, 5.74) is 0.336. The number of piperidine rings is 1. The van der Waals surface area contributed by atoms with Crippen LogP contribution >= 0.6 is 0 Å². The molecule has 2 aliphatic rings. The number of carbonyl (C=O) groups excluding carboxylic acids is 1. The summed E-state index contributed by atoms with van der Waals surface area (Å²) in [4.78, 5) is 16.6. The van der Waals surface area contributed by atoms with E-state index in [9.17, 15) is 9.18 Å². The van der Waals surface area contributed by atoms with E-state index in [4.69, 9.17) is 4.74 Å². The van der Waals surface area contributed by atoms with Crippen LogP contribution in [0, 0.1) is 5.82 Å². The van der Waals surface area contributed by atoms with Gasteiger partial charge in [0.1, 0.15) is 5.82 Å². The fourth-order valence-electron chi connectivity index (χ4n) is 3.71. The molecule has 2 saturated heterocycles. The third-order valence-corrected chi connectivity index (χ3v) is 5.23. The minimum atomic E-state index is -0.367. The van der Waals surface area contributed by atoms with Crippen molar-refractivity contribution < 1.29 is 13.9 Å². The Morgan fingerprint density at radius 1 is 1.35 bits per heavy atom. The monoisotopic (exact) mass is 320 g/mol. The first-order valence-electron chi connectivity index (χ1n) is 8.34. The minimum Gasteiger partial charge on any atom is -0.375 e. The van der Waals surface area contributed by atoms with Crippen molar-refractivity contribution in [1.82, 2.24) is 9.80 Å². The van der Waals surface area contributed by atoms with Gasteiger partial charge in [0.25, 0.3) is 5.91 Å². The molecule has 126 valence electrons. The van der Waals surface area contributed by atoms with Crippen LogP contribution in [0.3, 0.4) is 0 Å². The van der Waals surface area contributed by atoms with Crippen LogP contribution in [0.25, 0.3) is 0 Å². The van der Waals surface area contributed by atoms with Crippen molar-refractivity contribution in [2.45, 2.75) is 37.3 Å². The molecule has 23 heavy (non-hydrogen) atoms. The van der Waals surface area contributed by atoms with Crippen LogP contribution in [0.4, 0.5) is 4.39 Å². The Balaban J connectivity index is 1.63. The Bertz CT molecular complexity index is 568. The number of amides is 1. The third-order valence-electron chi connectivity index (χ3n) is 5.23. The molecule has 1 aromatic rings. The molecule has 1 atom stereocenters. The molecule has 4 nitrogen and oxygen atoms in total. The molecule has 0 aliphatic carbocycles. The van der Waals surface area contributed by atoms with Crippen LogP contribution in [-0.4, -0.2) is 61.1 Å². The minimum absolute atomic E-state index is 0.0840. The molecule has 1 amide bonds. The van der Waals surface area contributed by atoms with Gasteiger partial charge in [-0.15, -0.1) is 0 Å². The van der Waals surface area contributed by atoms with Gasteiger partial charge in [0.15, 0.2) is 0 Å². The van der Waals surface area contributed by atoms with E-state index in [1.54, 1.807) is 12.1 Å². The van der Waals surface area contributed by atoms with E-state index in [-0.39, 0.29) is 17.3 Å². The van der Waals surface area contributed by atoms with Crippen LogP contribution in [0.1, 0.15) is 36.0 Å². The molecule has 1 spiro atoms. The number of ether oxygens (including phenoxy) is 1. The van der Waals surface area contributed by atoms with Crippen LogP contribution in [-0.2, 0) is 4.74 Å². The third kappa shape index (κ3) is 3.56. The predicted molar refractivity (Wildman–Crippen MR) is 86.9 cm³/mol. The Kier molecular flexibility index (Phi) is 4.69. The Labute approximate surface area is 137 Å². The van der Waals surface area contributed by atoms with E-state index in [2.05, 4.69) is 19.0 Å². The van der Waals surface area contributed by atoms with Crippen LogP contribution in [0.2, 0.25) is 0 Å². The van der Waals surface area contributed by atoms with Crippen molar-refractivity contribution in [2.75, 3.05) is 33.8 Å². The van der Waals surface area contributed by atoms with Gasteiger partial charge in [0.05, 0.1) is 5.60 Å². The number of hydrogen-bond donors (Lipinski definition) is 0. The lowest BCUT2D eigenvalue weighted by atomic mass is 9.82. The SMILES string of the molecule is CN(C)[C@H]1CCOC2(CCN(C(=O)c3cccc(F)c3)CC2)C1. The molecule has 2 fully saturated rings. The molecule has 2 heterocycles. The summed E-state index contributed by atoms with van der Waals surface area (Å²) >= 11 is 0. The lowest BCUT2D eigenvalue weighted by Gasteiger charge is -2.47.